The van der Waals surface area contributed by atoms with E-state index in [-0.39, 0.29) is 5.78 Å². The zero-order valence-corrected chi connectivity index (χ0v) is 14.2. The van der Waals surface area contributed by atoms with Crippen LogP contribution in [0.15, 0.2) is 40.9 Å². The summed E-state index contributed by atoms with van der Waals surface area (Å²) in [5.74, 6) is 0.875. The number of halogens is 1. The van der Waals surface area contributed by atoms with Gasteiger partial charge in [0, 0.05) is 16.5 Å². The maximum atomic E-state index is 12.4. The summed E-state index contributed by atoms with van der Waals surface area (Å²) in [6.45, 7) is 6.69. The zero-order valence-electron chi connectivity index (χ0n) is 12.6. The Morgan fingerprint density at radius 3 is 2.48 bits per heavy atom. The summed E-state index contributed by atoms with van der Waals surface area (Å²) in [6.07, 6.45) is 0.410. The number of rotatable bonds is 5. The van der Waals surface area contributed by atoms with Gasteiger partial charge in [0.1, 0.15) is 5.75 Å². The first-order valence-electron chi connectivity index (χ1n) is 7.03. The van der Waals surface area contributed by atoms with Crippen LogP contribution in [-0.4, -0.2) is 12.4 Å². The maximum absolute atomic E-state index is 12.4. The molecule has 0 aliphatic heterocycles. The Hall–Kier alpha value is -1.61. The Labute approximate surface area is 134 Å². The second kappa shape index (κ2) is 6.90. The van der Waals surface area contributed by atoms with Gasteiger partial charge < -0.3 is 4.74 Å². The van der Waals surface area contributed by atoms with Crippen LogP contribution in [0.5, 0.6) is 5.75 Å². The molecule has 0 aromatic heterocycles. The molecule has 0 aliphatic rings. The molecule has 0 amide bonds. The van der Waals surface area contributed by atoms with Crippen molar-refractivity contribution in [2.24, 2.45) is 0 Å². The molecule has 0 atom stereocenters. The Morgan fingerprint density at radius 1 is 1.10 bits per heavy atom. The molecule has 3 heteroatoms. The minimum Gasteiger partial charge on any atom is -0.494 e. The number of carbonyl (C=O) groups is 1. The van der Waals surface area contributed by atoms with Crippen LogP contribution in [0.4, 0.5) is 0 Å². The van der Waals surface area contributed by atoms with Crippen LogP contribution in [0.3, 0.4) is 0 Å². The molecule has 2 rings (SSSR count). The van der Waals surface area contributed by atoms with Gasteiger partial charge >= 0.3 is 0 Å². The first kappa shape index (κ1) is 15.8. The fourth-order valence-corrected chi connectivity index (χ4v) is 2.75. The summed E-state index contributed by atoms with van der Waals surface area (Å²) in [7, 11) is 0. The molecule has 2 nitrogen and oxygen atoms in total. The number of carbonyl (C=O) groups excluding carboxylic acids is 1. The summed E-state index contributed by atoms with van der Waals surface area (Å²) in [5.41, 5.74) is 4.19. The number of benzene rings is 2. The van der Waals surface area contributed by atoms with Gasteiger partial charge in [-0.15, -0.1) is 0 Å². The number of ether oxygens (including phenoxy) is 1. The fraction of sp³-hybridized carbons (Fsp3) is 0.278. The van der Waals surface area contributed by atoms with E-state index in [9.17, 15) is 4.79 Å². The smallest absolute Gasteiger partial charge is 0.168 e. The molecule has 21 heavy (non-hydrogen) atoms. The number of Topliss-reactive ketones (excluding diaryl/α,β-unsaturated/α-hetero) is 1. The standard InChI is InChI=1S/C18H19BrO2/c1-4-21-15-7-8-16(17(19)11-15)18(20)10-14-6-5-12(2)13(3)9-14/h5-9,11H,4,10H2,1-3H3. The third kappa shape index (κ3) is 3.94. The summed E-state index contributed by atoms with van der Waals surface area (Å²) >= 11 is 3.46. The highest BCUT2D eigenvalue weighted by Crippen LogP contribution is 2.24. The van der Waals surface area contributed by atoms with Crippen LogP contribution in [0.1, 0.15) is 34.0 Å². The van der Waals surface area contributed by atoms with Crippen LogP contribution < -0.4 is 4.74 Å². The SMILES string of the molecule is CCOc1ccc(C(=O)Cc2ccc(C)c(C)c2)c(Br)c1. The Kier molecular flexibility index (Phi) is 5.18. The third-order valence-corrected chi connectivity index (χ3v) is 4.14. The second-order valence-corrected chi connectivity index (χ2v) is 5.95. The lowest BCUT2D eigenvalue weighted by Gasteiger charge is -2.08. The topological polar surface area (TPSA) is 26.3 Å². The lowest BCUT2D eigenvalue weighted by atomic mass is 9.99. The molecular formula is C18H19BrO2. The van der Waals surface area contributed by atoms with Gasteiger partial charge in [-0.3, -0.25) is 4.79 Å². The van der Waals surface area contributed by atoms with Crippen LogP contribution in [-0.2, 0) is 6.42 Å². The number of hydrogen-bond acceptors (Lipinski definition) is 2. The maximum Gasteiger partial charge on any atom is 0.168 e. The number of aryl methyl sites for hydroxylation is 2. The Bertz CT molecular complexity index is 662. The molecule has 0 N–H and O–H groups in total. The molecule has 2 aromatic rings. The molecule has 110 valence electrons. The number of ketones is 1. The van der Waals surface area contributed by atoms with Gasteiger partial charge in [0.15, 0.2) is 5.78 Å². The molecule has 0 radical (unpaired) electrons. The lowest BCUT2D eigenvalue weighted by molar-refractivity contribution is 0.0992. The van der Waals surface area contributed by atoms with Gasteiger partial charge in [-0.25, -0.2) is 0 Å². The monoisotopic (exact) mass is 346 g/mol. The first-order chi connectivity index (χ1) is 10.0. The molecule has 0 unspecified atom stereocenters. The quantitative estimate of drug-likeness (QED) is 0.720. The third-order valence-electron chi connectivity index (χ3n) is 3.49. The van der Waals surface area contributed by atoms with E-state index in [4.69, 9.17) is 4.74 Å². The molecule has 0 heterocycles. The molecule has 2 aromatic carbocycles. The van der Waals surface area contributed by atoms with Crippen LogP contribution >= 0.6 is 15.9 Å². The molecular weight excluding hydrogens is 328 g/mol. The summed E-state index contributed by atoms with van der Waals surface area (Å²) in [5, 5.41) is 0. The van der Waals surface area contributed by atoms with E-state index in [1.807, 2.05) is 31.2 Å². The first-order valence-corrected chi connectivity index (χ1v) is 7.82. The highest BCUT2D eigenvalue weighted by Gasteiger charge is 2.12. The van der Waals surface area contributed by atoms with E-state index in [0.717, 1.165) is 15.8 Å². The van der Waals surface area contributed by atoms with E-state index in [1.54, 1.807) is 0 Å². The highest BCUT2D eigenvalue weighted by molar-refractivity contribution is 9.10. The van der Waals surface area contributed by atoms with Crippen molar-refractivity contribution in [3.8, 4) is 5.75 Å². The van der Waals surface area contributed by atoms with Crippen LogP contribution in [0.2, 0.25) is 0 Å². The van der Waals surface area contributed by atoms with Gasteiger partial charge in [-0.05, 0) is 71.6 Å². The average Bonchev–Trinajstić information content (AvgIpc) is 2.43. The highest BCUT2D eigenvalue weighted by atomic mass is 79.9. The summed E-state index contributed by atoms with van der Waals surface area (Å²) < 4.78 is 6.21. The van der Waals surface area contributed by atoms with E-state index >= 15 is 0 Å². The largest absolute Gasteiger partial charge is 0.494 e. The predicted octanol–water partition coefficient (Wildman–Crippen LogP) is 4.89. The molecule has 0 saturated carbocycles. The Balaban J connectivity index is 2.18. The van der Waals surface area contributed by atoms with Gasteiger partial charge in [0.2, 0.25) is 0 Å². The molecule has 0 spiro atoms. The fourth-order valence-electron chi connectivity index (χ4n) is 2.17. The van der Waals surface area contributed by atoms with Crippen molar-refractivity contribution in [1.29, 1.82) is 0 Å². The second-order valence-electron chi connectivity index (χ2n) is 5.09. The van der Waals surface area contributed by atoms with Gasteiger partial charge in [-0.2, -0.15) is 0 Å². The van der Waals surface area contributed by atoms with Crippen molar-refractivity contribution in [1.82, 2.24) is 0 Å². The summed E-state index contributed by atoms with van der Waals surface area (Å²) in [4.78, 5) is 12.4. The van der Waals surface area contributed by atoms with Crippen LogP contribution in [0.25, 0.3) is 0 Å². The van der Waals surface area contributed by atoms with Crippen molar-refractivity contribution < 1.29 is 9.53 Å². The number of hydrogen-bond donors (Lipinski definition) is 0. The Morgan fingerprint density at radius 2 is 1.86 bits per heavy atom. The van der Waals surface area contributed by atoms with Crippen molar-refractivity contribution in [2.75, 3.05) is 6.61 Å². The van der Waals surface area contributed by atoms with Crippen molar-refractivity contribution >= 4 is 21.7 Å². The van der Waals surface area contributed by atoms with Crippen molar-refractivity contribution in [2.45, 2.75) is 27.2 Å². The van der Waals surface area contributed by atoms with Gasteiger partial charge in [0.25, 0.3) is 0 Å². The van der Waals surface area contributed by atoms with Gasteiger partial charge in [0.05, 0.1) is 6.61 Å². The minimum atomic E-state index is 0.105. The van der Waals surface area contributed by atoms with E-state index < -0.39 is 0 Å². The lowest BCUT2D eigenvalue weighted by Crippen LogP contribution is -2.05. The van der Waals surface area contributed by atoms with Crippen molar-refractivity contribution in [3.63, 3.8) is 0 Å². The average molecular weight is 347 g/mol. The van der Waals surface area contributed by atoms with Gasteiger partial charge in [-0.1, -0.05) is 18.2 Å². The summed E-state index contributed by atoms with van der Waals surface area (Å²) in [6, 6.07) is 11.7. The normalized spacial score (nSPS) is 10.5. The minimum absolute atomic E-state index is 0.105. The van der Waals surface area contributed by atoms with E-state index in [1.165, 1.54) is 11.1 Å². The predicted molar refractivity (Wildman–Crippen MR) is 89.3 cm³/mol. The zero-order chi connectivity index (χ0) is 15.4. The molecule has 0 saturated heterocycles. The van der Waals surface area contributed by atoms with Crippen molar-refractivity contribution in [3.05, 3.63) is 63.1 Å². The van der Waals surface area contributed by atoms with E-state index in [0.29, 0.717) is 18.6 Å². The van der Waals surface area contributed by atoms with Crippen LogP contribution in [0, 0.1) is 13.8 Å². The molecule has 0 fully saturated rings. The van der Waals surface area contributed by atoms with E-state index in [2.05, 4.69) is 41.9 Å². The molecule has 0 bridgehead atoms. The molecule has 0 aliphatic carbocycles.